The van der Waals surface area contributed by atoms with Gasteiger partial charge in [-0.2, -0.15) is 26.3 Å². The van der Waals surface area contributed by atoms with Crippen molar-refractivity contribution in [1.29, 1.82) is 0 Å². The summed E-state index contributed by atoms with van der Waals surface area (Å²) in [5.41, 5.74) is -7.47. The van der Waals surface area contributed by atoms with Gasteiger partial charge in [0.25, 0.3) is 16.8 Å². The standard InChI is InChI=1S/C19H13F6N3O4/c20-18(21,22)17(30,19(23,24)25)9-14-16(29)27(15-4-2-1-3-13(15)26-14)10-11-5-7-12(8-6-11)28(31)32/h1-8,30H,9-10H2. The zero-order chi connectivity index (χ0) is 23.9. The van der Waals surface area contributed by atoms with Crippen LogP contribution in [0.3, 0.4) is 0 Å². The first kappa shape index (κ1) is 23.2. The Morgan fingerprint density at radius 3 is 2.06 bits per heavy atom. The molecule has 0 aliphatic carbocycles. The third-order valence-corrected chi connectivity index (χ3v) is 4.77. The van der Waals surface area contributed by atoms with Gasteiger partial charge in [0.1, 0.15) is 5.69 Å². The van der Waals surface area contributed by atoms with Gasteiger partial charge in [0.05, 0.1) is 22.5 Å². The van der Waals surface area contributed by atoms with Crippen LogP contribution in [-0.2, 0) is 13.0 Å². The van der Waals surface area contributed by atoms with E-state index in [1.165, 1.54) is 36.4 Å². The van der Waals surface area contributed by atoms with Crippen LogP contribution in [0.15, 0.2) is 53.3 Å². The number of aromatic nitrogens is 2. The molecule has 0 unspecified atom stereocenters. The molecule has 3 aromatic rings. The Morgan fingerprint density at radius 2 is 1.53 bits per heavy atom. The minimum absolute atomic E-state index is 0.0734. The second-order valence-corrected chi connectivity index (χ2v) is 6.89. The van der Waals surface area contributed by atoms with Crippen LogP contribution < -0.4 is 5.56 Å². The van der Waals surface area contributed by atoms with Crippen molar-refractivity contribution in [1.82, 2.24) is 9.55 Å². The molecular weight excluding hydrogens is 448 g/mol. The van der Waals surface area contributed by atoms with E-state index in [1.807, 2.05) is 0 Å². The van der Waals surface area contributed by atoms with Crippen molar-refractivity contribution in [2.75, 3.05) is 0 Å². The number of halogens is 6. The third-order valence-electron chi connectivity index (χ3n) is 4.77. The van der Waals surface area contributed by atoms with Gasteiger partial charge >= 0.3 is 12.4 Å². The number of fused-ring (bicyclic) bond motifs is 1. The van der Waals surface area contributed by atoms with E-state index in [-0.39, 0.29) is 23.3 Å². The Bertz CT molecular complexity index is 1200. The highest BCUT2D eigenvalue weighted by molar-refractivity contribution is 5.74. The van der Waals surface area contributed by atoms with Gasteiger partial charge < -0.3 is 9.67 Å². The Balaban J connectivity index is 2.15. The molecule has 0 amide bonds. The summed E-state index contributed by atoms with van der Waals surface area (Å²) >= 11 is 0. The van der Waals surface area contributed by atoms with Gasteiger partial charge in [-0.3, -0.25) is 14.9 Å². The van der Waals surface area contributed by atoms with Crippen molar-refractivity contribution in [2.24, 2.45) is 0 Å². The monoisotopic (exact) mass is 461 g/mol. The fraction of sp³-hybridized carbons (Fsp3) is 0.263. The summed E-state index contributed by atoms with van der Waals surface area (Å²) in [6, 6.07) is 10.4. The molecule has 1 N–H and O–H groups in total. The van der Waals surface area contributed by atoms with E-state index in [0.717, 1.165) is 16.7 Å². The van der Waals surface area contributed by atoms with Crippen LogP contribution in [0, 0.1) is 10.1 Å². The summed E-state index contributed by atoms with van der Waals surface area (Å²) in [6.07, 6.45) is -14.4. The fourth-order valence-electron chi connectivity index (χ4n) is 3.03. The molecule has 1 heterocycles. The SMILES string of the molecule is O=c1c(CC(O)(C(F)(F)F)C(F)(F)F)nc2ccccc2n1Cc1ccc([N+](=O)[O-])cc1. The second kappa shape index (κ2) is 7.89. The lowest BCUT2D eigenvalue weighted by atomic mass is 9.96. The molecule has 0 fully saturated rings. The normalized spacial score (nSPS) is 12.8. The zero-order valence-corrected chi connectivity index (χ0v) is 15.8. The number of benzene rings is 2. The summed E-state index contributed by atoms with van der Waals surface area (Å²) < 4.78 is 79.6. The Kier molecular flexibility index (Phi) is 5.72. The van der Waals surface area contributed by atoms with Crippen molar-refractivity contribution in [2.45, 2.75) is 30.9 Å². The molecule has 0 bridgehead atoms. The number of hydrogen-bond donors (Lipinski definition) is 1. The first-order valence-corrected chi connectivity index (χ1v) is 8.82. The van der Waals surface area contributed by atoms with Crippen molar-refractivity contribution >= 4 is 16.7 Å². The van der Waals surface area contributed by atoms with Gasteiger partial charge in [0.15, 0.2) is 0 Å². The molecule has 170 valence electrons. The number of hydrogen-bond acceptors (Lipinski definition) is 5. The topological polar surface area (TPSA) is 98.3 Å². The summed E-state index contributed by atoms with van der Waals surface area (Å²) in [5.74, 6) is 0. The number of rotatable bonds is 5. The molecule has 1 aromatic heterocycles. The first-order valence-electron chi connectivity index (χ1n) is 8.82. The Morgan fingerprint density at radius 1 is 0.969 bits per heavy atom. The number of aliphatic hydroxyl groups is 1. The number of alkyl halides is 6. The number of nitrogens with zero attached hydrogens (tertiary/aromatic N) is 3. The van der Waals surface area contributed by atoms with E-state index in [0.29, 0.717) is 5.56 Å². The lowest BCUT2D eigenvalue weighted by Crippen LogP contribution is -2.59. The molecule has 0 saturated carbocycles. The average molecular weight is 461 g/mol. The van der Waals surface area contributed by atoms with Crippen LogP contribution in [0.4, 0.5) is 32.0 Å². The van der Waals surface area contributed by atoms with Crippen LogP contribution >= 0.6 is 0 Å². The van der Waals surface area contributed by atoms with Crippen LogP contribution in [0.5, 0.6) is 0 Å². The molecule has 2 aromatic carbocycles. The Labute approximate surface area is 174 Å². The number of nitro groups is 1. The molecule has 7 nitrogen and oxygen atoms in total. The van der Waals surface area contributed by atoms with E-state index in [9.17, 15) is 46.4 Å². The number of nitro benzene ring substituents is 1. The van der Waals surface area contributed by atoms with Crippen LogP contribution in [0.2, 0.25) is 0 Å². The lowest BCUT2D eigenvalue weighted by molar-refractivity contribution is -0.384. The maximum atomic E-state index is 13.1. The fourth-order valence-corrected chi connectivity index (χ4v) is 3.03. The van der Waals surface area contributed by atoms with Gasteiger partial charge in [0.2, 0.25) is 0 Å². The van der Waals surface area contributed by atoms with Gasteiger partial charge in [-0.25, -0.2) is 4.98 Å². The summed E-state index contributed by atoms with van der Waals surface area (Å²) in [6.45, 7) is -0.316. The average Bonchev–Trinajstić information content (AvgIpc) is 2.69. The van der Waals surface area contributed by atoms with Crippen molar-refractivity contribution < 1.29 is 36.4 Å². The highest BCUT2D eigenvalue weighted by atomic mass is 19.4. The highest BCUT2D eigenvalue weighted by Gasteiger charge is 2.70. The van der Waals surface area contributed by atoms with E-state index in [1.54, 1.807) is 0 Å². The maximum absolute atomic E-state index is 13.1. The van der Waals surface area contributed by atoms with Gasteiger partial charge in [-0.1, -0.05) is 24.3 Å². The van der Waals surface area contributed by atoms with Gasteiger partial charge in [0, 0.05) is 18.6 Å². The van der Waals surface area contributed by atoms with Gasteiger partial charge in [-0.15, -0.1) is 0 Å². The molecule has 0 saturated heterocycles. The molecule has 0 spiro atoms. The molecule has 0 aliphatic heterocycles. The maximum Gasteiger partial charge on any atom is 0.426 e. The molecule has 3 rings (SSSR count). The number of non-ortho nitro benzene ring substituents is 1. The Hall–Kier alpha value is -3.48. The molecule has 0 radical (unpaired) electrons. The third kappa shape index (κ3) is 4.15. The van der Waals surface area contributed by atoms with Gasteiger partial charge in [-0.05, 0) is 17.7 Å². The van der Waals surface area contributed by atoms with Crippen molar-refractivity contribution in [3.05, 3.63) is 80.3 Å². The highest BCUT2D eigenvalue weighted by Crippen LogP contribution is 2.44. The van der Waals surface area contributed by atoms with E-state index >= 15 is 0 Å². The first-order chi connectivity index (χ1) is 14.7. The molecular formula is C19H13F6N3O4. The molecule has 0 aliphatic rings. The largest absolute Gasteiger partial charge is 0.426 e. The minimum Gasteiger partial charge on any atom is -0.373 e. The second-order valence-electron chi connectivity index (χ2n) is 6.89. The summed E-state index contributed by atoms with van der Waals surface area (Å²) in [7, 11) is 0. The lowest BCUT2D eigenvalue weighted by Gasteiger charge is -2.32. The minimum atomic E-state index is -6.12. The molecule has 0 atom stereocenters. The summed E-state index contributed by atoms with van der Waals surface area (Å²) in [4.78, 5) is 26.6. The van der Waals surface area contributed by atoms with Crippen LogP contribution in [0.1, 0.15) is 11.3 Å². The zero-order valence-electron chi connectivity index (χ0n) is 15.8. The van der Waals surface area contributed by atoms with Crippen LogP contribution in [-0.4, -0.2) is 37.5 Å². The smallest absolute Gasteiger partial charge is 0.373 e. The quantitative estimate of drug-likeness (QED) is 0.355. The van der Waals surface area contributed by atoms with E-state index in [2.05, 4.69) is 4.98 Å². The van der Waals surface area contributed by atoms with Crippen LogP contribution in [0.25, 0.3) is 11.0 Å². The predicted octanol–water partition coefficient (Wildman–Crippen LogP) is 3.75. The van der Waals surface area contributed by atoms with Crippen molar-refractivity contribution in [3.8, 4) is 0 Å². The number of para-hydroxylation sites is 2. The molecule has 32 heavy (non-hydrogen) atoms. The summed E-state index contributed by atoms with van der Waals surface area (Å²) in [5, 5.41) is 20.3. The molecule has 13 heteroatoms. The van der Waals surface area contributed by atoms with Crippen molar-refractivity contribution in [3.63, 3.8) is 0 Å². The van der Waals surface area contributed by atoms with E-state index in [4.69, 9.17) is 0 Å². The van der Waals surface area contributed by atoms with E-state index < -0.39 is 40.6 Å². The predicted molar refractivity (Wildman–Crippen MR) is 99.0 cm³/mol.